The van der Waals surface area contributed by atoms with E-state index in [-0.39, 0.29) is 5.69 Å². The van der Waals surface area contributed by atoms with Gasteiger partial charge in [-0.2, -0.15) is 0 Å². The van der Waals surface area contributed by atoms with Crippen LogP contribution in [0.3, 0.4) is 0 Å². The van der Waals surface area contributed by atoms with Crippen molar-refractivity contribution in [1.29, 1.82) is 0 Å². The number of halogens is 1. The van der Waals surface area contributed by atoms with E-state index in [1.807, 2.05) is 7.05 Å². The highest BCUT2D eigenvalue weighted by Gasteiger charge is 2.11. The minimum Gasteiger partial charge on any atom is -0.318 e. The van der Waals surface area contributed by atoms with Crippen LogP contribution in [0.4, 0.5) is 5.69 Å². The predicted molar refractivity (Wildman–Crippen MR) is 82.1 cm³/mol. The Morgan fingerprint density at radius 1 is 1.52 bits per heavy atom. The number of rotatable bonds is 7. The van der Waals surface area contributed by atoms with Crippen molar-refractivity contribution in [3.05, 3.63) is 38.3 Å². The first-order valence-corrected chi connectivity index (χ1v) is 7.86. The maximum atomic E-state index is 10.7. The van der Waals surface area contributed by atoms with Gasteiger partial charge in [-0.05, 0) is 23.0 Å². The topological polar surface area (TPSA) is 98.8 Å². The quantitative estimate of drug-likeness (QED) is 0.449. The molecule has 0 aliphatic rings. The molecule has 1 aromatic carbocycles. The molecule has 0 fully saturated rings. The molecule has 0 bridgehead atoms. The predicted octanol–water partition coefficient (Wildman–Crippen LogP) is 1.86. The number of nitrogens with zero attached hydrogens (tertiary/aromatic N) is 5. The molecular formula is C11H13BrN6O2S. The summed E-state index contributed by atoms with van der Waals surface area (Å²) < 4.78 is 2.43. The maximum Gasteiger partial charge on any atom is 0.270 e. The number of hydrogen-bond acceptors (Lipinski definition) is 7. The van der Waals surface area contributed by atoms with Crippen LogP contribution in [0.25, 0.3) is 0 Å². The number of non-ortho nitro benzene ring substituents is 1. The third kappa shape index (κ3) is 4.22. The molecule has 0 amide bonds. The van der Waals surface area contributed by atoms with E-state index in [2.05, 4.69) is 36.8 Å². The van der Waals surface area contributed by atoms with Gasteiger partial charge in [-0.25, -0.2) is 4.68 Å². The Morgan fingerprint density at radius 2 is 2.33 bits per heavy atom. The van der Waals surface area contributed by atoms with Crippen LogP contribution in [0.15, 0.2) is 27.8 Å². The average molecular weight is 373 g/mol. The smallest absolute Gasteiger partial charge is 0.270 e. The van der Waals surface area contributed by atoms with Crippen molar-refractivity contribution in [3.63, 3.8) is 0 Å². The van der Waals surface area contributed by atoms with Crippen LogP contribution in [-0.2, 0) is 12.3 Å². The lowest BCUT2D eigenvalue weighted by Gasteiger charge is -2.05. The number of likely N-dealkylation sites (N-methyl/N-ethyl adjacent to an activating group) is 1. The van der Waals surface area contributed by atoms with E-state index in [1.54, 1.807) is 10.7 Å². The number of tetrazole rings is 1. The zero-order chi connectivity index (χ0) is 15.2. The fourth-order valence-electron chi connectivity index (χ4n) is 1.57. The molecule has 8 nitrogen and oxygen atoms in total. The van der Waals surface area contributed by atoms with E-state index >= 15 is 0 Å². The summed E-state index contributed by atoms with van der Waals surface area (Å²) in [6.07, 6.45) is 0. The van der Waals surface area contributed by atoms with Gasteiger partial charge in [0.05, 0.1) is 11.5 Å². The number of benzene rings is 1. The first-order chi connectivity index (χ1) is 10.1. The molecule has 21 heavy (non-hydrogen) atoms. The first-order valence-electron chi connectivity index (χ1n) is 6.08. The van der Waals surface area contributed by atoms with Crippen molar-refractivity contribution in [2.75, 3.05) is 13.6 Å². The average Bonchev–Trinajstić information content (AvgIpc) is 2.91. The maximum absolute atomic E-state index is 10.7. The summed E-state index contributed by atoms with van der Waals surface area (Å²) in [5.74, 6) is 0.624. The van der Waals surface area contributed by atoms with Gasteiger partial charge in [0.1, 0.15) is 0 Å². The minimum atomic E-state index is -0.417. The Bertz CT molecular complexity index is 635. The van der Waals surface area contributed by atoms with Crippen LogP contribution in [0.1, 0.15) is 5.56 Å². The number of hydrogen-bond donors (Lipinski definition) is 1. The highest BCUT2D eigenvalue weighted by atomic mass is 79.9. The van der Waals surface area contributed by atoms with Gasteiger partial charge < -0.3 is 5.32 Å². The second kappa shape index (κ2) is 7.48. The van der Waals surface area contributed by atoms with Crippen LogP contribution in [0.2, 0.25) is 0 Å². The minimum absolute atomic E-state index is 0.0643. The Morgan fingerprint density at radius 3 is 3.00 bits per heavy atom. The number of thioether (sulfide) groups is 1. The van der Waals surface area contributed by atoms with Gasteiger partial charge in [-0.1, -0.05) is 33.8 Å². The van der Waals surface area contributed by atoms with Gasteiger partial charge in [0.25, 0.3) is 5.69 Å². The number of nitro benzene ring substituents is 1. The molecule has 0 aliphatic heterocycles. The largest absolute Gasteiger partial charge is 0.318 e. The monoisotopic (exact) mass is 372 g/mol. The van der Waals surface area contributed by atoms with Gasteiger partial charge in [0, 0.05) is 28.9 Å². The molecule has 112 valence electrons. The summed E-state index contributed by atoms with van der Waals surface area (Å²) in [6, 6.07) is 4.72. The molecule has 0 spiro atoms. The Kier molecular flexibility index (Phi) is 5.65. The standard InChI is InChI=1S/C11H13BrN6O2S/c1-13-4-5-17-11(14-15-16-17)21-7-8-2-3-9(18(19)20)6-10(8)12/h2-3,6,13H,4-5,7H2,1H3. The number of nitrogens with one attached hydrogen (secondary N) is 1. The summed E-state index contributed by atoms with van der Waals surface area (Å²) in [5, 5.41) is 26.0. The molecule has 2 aromatic rings. The molecule has 1 N–H and O–H groups in total. The molecule has 1 heterocycles. The Hall–Kier alpha value is -1.52. The van der Waals surface area contributed by atoms with E-state index in [0.717, 1.165) is 17.3 Å². The molecule has 0 aliphatic carbocycles. The summed E-state index contributed by atoms with van der Waals surface area (Å²) in [4.78, 5) is 10.3. The van der Waals surface area contributed by atoms with Crippen LogP contribution >= 0.6 is 27.7 Å². The van der Waals surface area contributed by atoms with Crippen molar-refractivity contribution >= 4 is 33.4 Å². The highest BCUT2D eigenvalue weighted by Crippen LogP contribution is 2.28. The van der Waals surface area contributed by atoms with Crippen LogP contribution in [0, 0.1) is 10.1 Å². The van der Waals surface area contributed by atoms with Gasteiger partial charge >= 0.3 is 0 Å². The summed E-state index contributed by atoms with van der Waals surface area (Å²) >= 11 is 4.84. The zero-order valence-corrected chi connectivity index (χ0v) is 13.6. The van der Waals surface area contributed by atoms with E-state index in [9.17, 15) is 10.1 Å². The third-order valence-electron chi connectivity index (χ3n) is 2.68. The van der Waals surface area contributed by atoms with Crippen molar-refractivity contribution in [2.24, 2.45) is 0 Å². The summed E-state index contributed by atoms with van der Waals surface area (Å²) in [7, 11) is 1.87. The summed E-state index contributed by atoms with van der Waals surface area (Å²) in [6.45, 7) is 1.47. The SMILES string of the molecule is CNCCn1nnnc1SCc1ccc([N+](=O)[O-])cc1Br. The molecule has 2 rings (SSSR count). The normalized spacial score (nSPS) is 10.8. The Balaban J connectivity index is 2.03. The lowest BCUT2D eigenvalue weighted by Crippen LogP contribution is -2.16. The van der Waals surface area contributed by atoms with E-state index in [4.69, 9.17) is 0 Å². The van der Waals surface area contributed by atoms with Crippen LogP contribution in [-0.4, -0.2) is 38.7 Å². The van der Waals surface area contributed by atoms with E-state index in [1.165, 1.54) is 23.9 Å². The molecular weight excluding hydrogens is 360 g/mol. The van der Waals surface area contributed by atoms with Gasteiger partial charge in [-0.15, -0.1) is 5.10 Å². The molecule has 10 heteroatoms. The lowest BCUT2D eigenvalue weighted by atomic mass is 10.2. The number of aromatic nitrogens is 4. The van der Waals surface area contributed by atoms with E-state index < -0.39 is 4.92 Å². The molecule has 0 atom stereocenters. The molecule has 0 unspecified atom stereocenters. The van der Waals surface area contributed by atoms with Crippen LogP contribution in [0.5, 0.6) is 0 Å². The molecule has 0 radical (unpaired) electrons. The van der Waals surface area contributed by atoms with Gasteiger partial charge in [0.15, 0.2) is 0 Å². The first kappa shape index (κ1) is 15.9. The van der Waals surface area contributed by atoms with Crippen molar-refractivity contribution < 1.29 is 4.92 Å². The molecule has 0 saturated carbocycles. The fourth-order valence-corrected chi connectivity index (χ4v) is 3.17. The molecule has 1 aromatic heterocycles. The fraction of sp³-hybridized carbons (Fsp3) is 0.364. The van der Waals surface area contributed by atoms with Crippen molar-refractivity contribution in [2.45, 2.75) is 17.5 Å². The zero-order valence-electron chi connectivity index (χ0n) is 11.2. The Labute approximate surface area is 133 Å². The number of nitro groups is 1. The van der Waals surface area contributed by atoms with Gasteiger partial charge in [-0.3, -0.25) is 10.1 Å². The van der Waals surface area contributed by atoms with Crippen molar-refractivity contribution in [3.8, 4) is 0 Å². The second-order valence-corrected chi connectivity index (χ2v) is 5.91. The van der Waals surface area contributed by atoms with Crippen molar-refractivity contribution in [1.82, 2.24) is 25.5 Å². The van der Waals surface area contributed by atoms with E-state index in [0.29, 0.717) is 16.8 Å². The van der Waals surface area contributed by atoms with Crippen LogP contribution < -0.4 is 5.32 Å². The highest BCUT2D eigenvalue weighted by molar-refractivity contribution is 9.10. The molecule has 0 saturated heterocycles. The third-order valence-corrected chi connectivity index (χ3v) is 4.42. The summed E-state index contributed by atoms with van der Waals surface area (Å²) in [5.41, 5.74) is 1.02. The lowest BCUT2D eigenvalue weighted by molar-refractivity contribution is -0.384. The second-order valence-electron chi connectivity index (χ2n) is 4.11. The van der Waals surface area contributed by atoms with Gasteiger partial charge in [0.2, 0.25) is 5.16 Å².